The number of carbonyl (C=O) groups excluding carboxylic acids is 2. The molecule has 0 spiro atoms. The van der Waals surface area contributed by atoms with Crippen LogP contribution in [0.15, 0.2) is 12.1 Å². The van der Waals surface area contributed by atoms with E-state index >= 15 is 0 Å². The van der Waals surface area contributed by atoms with Crippen molar-refractivity contribution in [1.29, 1.82) is 0 Å². The molecule has 29 heavy (non-hydrogen) atoms. The number of aromatic hydroxyl groups is 1. The molecule has 1 aromatic rings. The zero-order chi connectivity index (χ0) is 20.8. The minimum atomic E-state index is -0.847. The summed E-state index contributed by atoms with van der Waals surface area (Å²) in [5.74, 6) is -1.54. The Labute approximate surface area is 170 Å². The fourth-order valence-electron chi connectivity index (χ4n) is 5.37. The Bertz CT molecular complexity index is 823. The number of rotatable bonds is 6. The van der Waals surface area contributed by atoms with Gasteiger partial charge >= 0.3 is 0 Å². The summed E-state index contributed by atoms with van der Waals surface area (Å²) < 4.78 is 18.7. The predicted octanol–water partition coefficient (Wildman–Crippen LogP) is 2.99. The Morgan fingerprint density at radius 2 is 2.00 bits per heavy atom. The lowest BCUT2D eigenvalue weighted by molar-refractivity contribution is -0.128. The molecule has 3 aliphatic rings. The molecule has 1 aromatic carbocycles. The molecule has 2 amide bonds. The monoisotopic (exact) mass is 404 g/mol. The minimum absolute atomic E-state index is 0.0181. The highest BCUT2D eigenvalue weighted by Crippen LogP contribution is 2.49. The molecule has 0 aliphatic heterocycles. The largest absolute Gasteiger partial charge is 0.505 e. The molecule has 0 saturated heterocycles. The van der Waals surface area contributed by atoms with E-state index in [1.165, 1.54) is 13.5 Å². The maximum Gasteiger partial charge on any atom is 0.255 e. The zero-order valence-corrected chi connectivity index (χ0v) is 17.0. The Hall–Kier alpha value is -2.31. The van der Waals surface area contributed by atoms with E-state index in [4.69, 9.17) is 4.74 Å². The minimum Gasteiger partial charge on any atom is -0.505 e. The molecule has 2 bridgehead atoms. The summed E-state index contributed by atoms with van der Waals surface area (Å²) in [5.41, 5.74) is 0.265. The lowest BCUT2D eigenvalue weighted by Crippen LogP contribution is -2.51. The Kier molecular flexibility index (Phi) is 5.17. The normalized spacial score (nSPS) is 29.2. The van der Waals surface area contributed by atoms with Crippen LogP contribution in [0.2, 0.25) is 0 Å². The van der Waals surface area contributed by atoms with Crippen LogP contribution in [-0.4, -0.2) is 36.6 Å². The molecule has 3 fully saturated rings. The number of ether oxygens (including phenoxy) is 1. The maximum absolute atomic E-state index is 13.6. The first-order chi connectivity index (χ1) is 13.8. The number of nitrogens with one attached hydrogen (secondary N) is 2. The van der Waals surface area contributed by atoms with E-state index in [9.17, 15) is 19.1 Å². The topological polar surface area (TPSA) is 87.7 Å². The van der Waals surface area contributed by atoms with Crippen molar-refractivity contribution in [2.75, 3.05) is 13.7 Å². The van der Waals surface area contributed by atoms with Crippen molar-refractivity contribution >= 4 is 11.8 Å². The number of phenolic OH excluding ortho intramolecular Hbond substituents is 1. The van der Waals surface area contributed by atoms with Gasteiger partial charge in [0.1, 0.15) is 5.75 Å². The molecule has 158 valence electrons. The standard InChI is InChI=1S/C22H29FN2O4/c1-22(6-3-7-22)11-24-21(28)18-12-4-5-13(8-12)19(18)25-20(27)14-9-16(26)15(23)10-17(14)29-2/h9-10,12-13,18-19,26H,3-8,11H2,1-2H3,(H,24,28)(H,25,27)/t12-,13+,18-,19+/m0/s1. The van der Waals surface area contributed by atoms with E-state index in [0.29, 0.717) is 6.54 Å². The second kappa shape index (κ2) is 7.50. The first kappa shape index (κ1) is 20.0. The third-order valence-electron chi connectivity index (χ3n) is 7.28. The third-order valence-corrected chi connectivity index (χ3v) is 7.28. The summed E-state index contributed by atoms with van der Waals surface area (Å²) in [6.45, 7) is 2.88. The molecule has 3 aliphatic carbocycles. The summed E-state index contributed by atoms with van der Waals surface area (Å²) >= 11 is 0. The molecule has 3 N–H and O–H groups in total. The second-order valence-electron chi connectivity index (χ2n) is 9.24. The van der Waals surface area contributed by atoms with Crippen LogP contribution in [0, 0.1) is 29.0 Å². The van der Waals surface area contributed by atoms with Crippen molar-refractivity contribution in [1.82, 2.24) is 10.6 Å². The van der Waals surface area contributed by atoms with E-state index in [2.05, 4.69) is 17.6 Å². The average molecular weight is 404 g/mol. The predicted molar refractivity (Wildman–Crippen MR) is 105 cm³/mol. The molecule has 0 unspecified atom stereocenters. The van der Waals surface area contributed by atoms with Crippen molar-refractivity contribution in [2.45, 2.75) is 51.5 Å². The number of amides is 2. The number of halogens is 1. The van der Waals surface area contributed by atoms with Gasteiger partial charge in [-0.15, -0.1) is 0 Å². The van der Waals surface area contributed by atoms with Crippen LogP contribution >= 0.6 is 0 Å². The summed E-state index contributed by atoms with van der Waals surface area (Å²) in [6, 6.07) is 1.81. The van der Waals surface area contributed by atoms with Gasteiger partial charge < -0.3 is 20.5 Å². The van der Waals surface area contributed by atoms with Crippen molar-refractivity contribution in [3.8, 4) is 11.5 Å². The summed E-state index contributed by atoms with van der Waals surface area (Å²) in [6.07, 6.45) is 6.42. The van der Waals surface area contributed by atoms with Crippen molar-refractivity contribution in [3.05, 3.63) is 23.5 Å². The van der Waals surface area contributed by atoms with Crippen LogP contribution in [-0.2, 0) is 4.79 Å². The van der Waals surface area contributed by atoms with Gasteiger partial charge in [-0.2, -0.15) is 0 Å². The van der Waals surface area contributed by atoms with Gasteiger partial charge in [-0.05, 0) is 55.4 Å². The average Bonchev–Trinajstić information content (AvgIpc) is 3.28. The number of fused-ring (bicyclic) bond motifs is 2. The Morgan fingerprint density at radius 3 is 2.66 bits per heavy atom. The number of methoxy groups -OCH3 is 1. The highest BCUT2D eigenvalue weighted by atomic mass is 19.1. The molecular formula is C22H29FN2O4. The maximum atomic E-state index is 13.6. The van der Waals surface area contributed by atoms with Crippen LogP contribution in [0.4, 0.5) is 4.39 Å². The fourth-order valence-corrected chi connectivity index (χ4v) is 5.37. The number of carbonyl (C=O) groups is 2. The number of hydrogen-bond donors (Lipinski definition) is 3. The fraction of sp³-hybridized carbons (Fsp3) is 0.636. The molecular weight excluding hydrogens is 375 g/mol. The van der Waals surface area contributed by atoms with E-state index in [-0.39, 0.29) is 46.4 Å². The molecule has 0 aromatic heterocycles. The zero-order valence-electron chi connectivity index (χ0n) is 17.0. The van der Waals surface area contributed by atoms with E-state index in [1.54, 1.807) is 0 Å². The third kappa shape index (κ3) is 3.67. The highest BCUT2D eigenvalue weighted by molar-refractivity contribution is 5.98. The van der Waals surface area contributed by atoms with E-state index < -0.39 is 17.5 Å². The lowest BCUT2D eigenvalue weighted by atomic mass is 9.70. The lowest BCUT2D eigenvalue weighted by Gasteiger charge is -2.39. The van der Waals surface area contributed by atoms with Crippen molar-refractivity contribution in [3.63, 3.8) is 0 Å². The number of benzene rings is 1. The van der Waals surface area contributed by atoms with Gasteiger partial charge in [0.25, 0.3) is 5.91 Å². The summed E-state index contributed by atoms with van der Waals surface area (Å²) in [4.78, 5) is 25.9. The van der Waals surface area contributed by atoms with Crippen LogP contribution < -0.4 is 15.4 Å². The highest BCUT2D eigenvalue weighted by Gasteiger charge is 2.51. The van der Waals surface area contributed by atoms with Gasteiger partial charge in [-0.25, -0.2) is 4.39 Å². The van der Waals surface area contributed by atoms with Crippen LogP contribution in [0.5, 0.6) is 11.5 Å². The van der Waals surface area contributed by atoms with Gasteiger partial charge in [0, 0.05) is 18.7 Å². The van der Waals surface area contributed by atoms with Gasteiger partial charge in [0.15, 0.2) is 11.6 Å². The smallest absolute Gasteiger partial charge is 0.255 e. The number of phenols is 1. The van der Waals surface area contributed by atoms with Crippen LogP contribution in [0.3, 0.4) is 0 Å². The Balaban J connectivity index is 1.48. The molecule has 6 nitrogen and oxygen atoms in total. The molecule has 3 saturated carbocycles. The van der Waals surface area contributed by atoms with Crippen LogP contribution in [0.1, 0.15) is 55.8 Å². The molecule has 4 atom stereocenters. The molecule has 0 heterocycles. The second-order valence-corrected chi connectivity index (χ2v) is 9.24. The van der Waals surface area contributed by atoms with Crippen molar-refractivity contribution in [2.24, 2.45) is 23.2 Å². The quantitative estimate of drug-likeness (QED) is 0.680. The molecule has 7 heteroatoms. The van der Waals surface area contributed by atoms with Gasteiger partial charge in [-0.1, -0.05) is 13.3 Å². The van der Waals surface area contributed by atoms with Gasteiger partial charge in [0.2, 0.25) is 5.91 Å². The first-order valence-corrected chi connectivity index (χ1v) is 10.5. The molecule has 0 radical (unpaired) electrons. The SMILES string of the molecule is COc1cc(F)c(O)cc1C(=O)N[C@@H]1[C@@H]2CC[C@@H](C2)[C@@H]1C(=O)NCC1(C)CCC1. The van der Waals surface area contributed by atoms with Crippen LogP contribution in [0.25, 0.3) is 0 Å². The van der Waals surface area contributed by atoms with E-state index in [1.807, 2.05) is 0 Å². The van der Waals surface area contributed by atoms with Gasteiger partial charge in [0.05, 0.1) is 18.6 Å². The van der Waals surface area contributed by atoms with E-state index in [0.717, 1.165) is 44.2 Å². The van der Waals surface area contributed by atoms with Gasteiger partial charge in [-0.3, -0.25) is 9.59 Å². The first-order valence-electron chi connectivity index (χ1n) is 10.5. The summed E-state index contributed by atoms with van der Waals surface area (Å²) in [7, 11) is 1.34. The molecule has 4 rings (SSSR count). The summed E-state index contributed by atoms with van der Waals surface area (Å²) in [5, 5.41) is 15.8. The van der Waals surface area contributed by atoms with Crippen molar-refractivity contribution < 1.29 is 23.8 Å². The Morgan fingerprint density at radius 1 is 1.28 bits per heavy atom. The number of hydrogen-bond acceptors (Lipinski definition) is 4.